The summed E-state index contributed by atoms with van der Waals surface area (Å²) >= 11 is 5.89. The van der Waals surface area contributed by atoms with E-state index >= 15 is 4.39 Å². The number of halogens is 3. The van der Waals surface area contributed by atoms with Crippen molar-refractivity contribution in [2.24, 2.45) is 0 Å². The molecule has 0 heterocycles. The molecule has 0 saturated carbocycles. The van der Waals surface area contributed by atoms with Gasteiger partial charge in [-0.25, -0.2) is 8.78 Å². The number of hydrogen-bond acceptors (Lipinski definition) is 2. The van der Waals surface area contributed by atoms with Crippen LogP contribution in [-0.4, -0.2) is 14.7 Å². The summed E-state index contributed by atoms with van der Waals surface area (Å²) < 4.78 is 41.3. The highest BCUT2D eigenvalue weighted by Gasteiger charge is 2.32. The van der Waals surface area contributed by atoms with Crippen LogP contribution in [-0.2, 0) is 6.42 Å². The van der Waals surface area contributed by atoms with Crippen LogP contribution in [0, 0.1) is 0 Å². The van der Waals surface area contributed by atoms with Gasteiger partial charge in [0.05, 0.1) is 6.61 Å². The normalized spacial score (nSPS) is 12.3. The van der Waals surface area contributed by atoms with Gasteiger partial charge < -0.3 is 9.47 Å². The smallest absolute Gasteiger partial charge is 0.151 e. The molecule has 0 aliphatic heterocycles. The van der Waals surface area contributed by atoms with Crippen molar-refractivity contribution in [1.82, 2.24) is 0 Å². The van der Waals surface area contributed by atoms with Crippen molar-refractivity contribution in [1.29, 1.82) is 0 Å². The zero-order chi connectivity index (χ0) is 22.4. The highest BCUT2D eigenvalue weighted by Crippen LogP contribution is 2.28. The maximum atomic E-state index is 15.2. The number of hydrogen-bond donors (Lipinski definition) is 0. The summed E-state index contributed by atoms with van der Waals surface area (Å²) in [7, 11) is -2.79. The molecule has 3 rings (SSSR count). The third-order valence-electron chi connectivity index (χ3n) is 4.98. The molecular formula is C25H25ClF2O2Si. The summed E-state index contributed by atoms with van der Waals surface area (Å²) in [5, 5.41) is 1.42. The molecule has 0 bridgehead atoms. The molecule has 0 aliphatic rings. The lowest BCUT2D eigenvalue weighted by Crippen LogP contribution is -2.43. The van der Waals surface area contributed by atoms with E-state index in [1.165, 1.54) is 0 Å². The molecular weight excluding hydrogens is 434 g/mol. The lowest BCUT2D eigenvalue weighted by molar-refractivity contribution is 0.340. The Balaban J connectivity index is 1.76. The first-order chi connectivity index (χ1) is 14.8. The maximum Gasteiger partial charge on any atom is 0.151 e. The molecule has 0 atom stereocenters. The fourth-order valence-corrected chi connectivity index (χ4v) is 5.36. The zero-order valence-corrected chi connectivity index (χ0v) is 19.5. The second-order valence-electron chi connectivity index (χ2n) is 7.68. The van der Waals surface area contributed by atoms with Crippen molar-refractivity contribution in [3.63, 3.8) is 0 Å². The lowest BCUT2D eigenvalue weighted by Gasteiger charge is -2.22. The van der Waals surface area contributed by atoms with E-state index < -0.39 is 19.4 Å². The Hall–Kier alpha value is -2.63. The van der Waals surface area contributed by atoms with Gasteiger partial charge in [0.15, 0.2) is 8.07 Å². The molecule has 0 fully saturated rings. The van der Waals surface area contributed by atoms with Crippen LogP contribution in [0.2, 0.25) is 18.1 Å². The first-order valence-corrected chi connectivity index (χ1v) is 13.5. The topological polar surface area (TPSA) is 18.5 Å². The highest BCUT2D eigenvalue weighted by molar-refractivity contribution is 6.95. The van der Waals surface area contributed by atoms with Crippen molar-refractivity contribution in [3.8, 4) is 17.2 Å². The molecule has 0 amide bonds. The van der Waals surface area contributed by atoms with Gasteiger partial charge in [0.1, 0.15) is 28.5 Å². The molecule has 162 valence electrons. The number of ether oxygens (including phenoxy) is 2. The molecule has 0 saturated heterocycles. The Morgan fingerprint density at radius 3 is 2.16 bits per heavy atom. The standard InChI is InChI=1S/C25H25ClF2O2Si/c1-4-29-20-12-14-23(15-13-20)31(2,3)25(28)24(27)17-18-6-5-7-22(16-18)30-21-10-8-19(26)9-11-21/h5-16H,4,17H2,1-3H3/b25-24+. The molecule has 2 nitrogen and oxygen atoms in total. The minimum atomic E-state index is -2.79. The van der Waals surface area contributed by atoms with Gasteiger partial charge in [-0.15, -0.1) is 0 Å². The average Bonchev–Trinajstić information content (AvgIpc) is 2.75. The predicted octanol–water partition coefficient (Wildman–Crippen LogP) is 7.38. The Kier molecular flexibility index (Phi) is 7.52. The van der Waals surface area contributed by atoms with Gasteiger partial charge >= 0.3 is 0 Å². The minimum absolute atomic E-state index is 0.128. The van der Waals surface area contributed by atoms with Crippen LogP contribution in [0.5, 0.6) is 17.2 Å². The van der Waals surface area contributed by atoms with Gasteiger partial charge in [-0.1, -0.05) is 54.1 Å². The number of allylic oxidation sites excluding steroid dienone is 1. The zero-order valence-electron chi connectivity index (χ0n) is 17.8. The molecule has 31 heavy (non-hydrogen) atoms. The van der Waals surface area contributed by atoms with Crippen LogP contribution in [0.15, 0.2) is 84.1 Å². The summed E-state index contributed by atoms with van der Waals surface area (Å²) in [6.07, 6.45) is -0.128. The summed E-state index contributed by atoms with van der Waals surface area (Å²) in [4.78, 5) is 0. The Bertz CT molecular complexity index is 1050. The molecule has 0 aliphatic carbocycles. The largest absolute Gasteiger partial charge is 0.494 e. The molecule has 0 spiro atoms. The second kappa shape index (κ2) is 10.1. The molecule has 3 aromatic carbocycles. The number of rotatable bonds is 8. The van der Waals surface area contributed by atoms with E-state index in [0.717, 1.165) is 10.9 Å². The van der Waals surface area contributed by atoms with Gasteiger partial charge in [-0.2, -0.15) is 0 Å². The molecule has 6 heteroatoms. The predicted molar refractivity (Wildman–Crippen MR) is 126 cm³/mol. The maximum absolute atomic E-state index is 15.2. The number of benzene rings is 3. The Labute approximate surface area is 188 Å². The fraction of sp³-hybridized carbons (Fsp3) is 0.200. The minimum Gasteiger partial charge on any atom is -0.494 e. The van der Waals surface area contributed by atoms with Crippen LogP contribution in [0.3, 0.4) is 0 Å². The average molecular weight is 459 g/mol. The monoisotopic (exact) mass is 458 g/mol. The summed E-state index contributed by atoms with van der Waals surface area (Å²) in [5.74, 6) is 1.15. The molecule has 3 aromatic rings. The van der Waals surface area contributed by atoms with Gasteiger partial charge in [0.2, 0.25) is 0 Å². The molecule has 0 unspecified atom stereocenters. The Morgan fingerprint density at radius 2 is 1.52 bits per heavy atom. The van der Waals surface area contributed by atoms with E-state index in [4.69, 9.17) is 21.1 Å². The first-order valence-electron chi connectivity index (χ1n) is 10.1. The van der Waals surface area contributed by atoms with E-state index in [2.05, 4.69) is 0 Å². The third-order valence-corrected chi connectivity index (χ3v) is 8.38. The van der Waals surface area contributed by atoms with Crippen molar-refractivity contribution < 1.29 is 18.3 Å². The van der Waals surface area contributed by atoms with Crippen LogP contribution in [0.4, 0.5) is 8.78 Å². The quantitative estimate of drug-likeness (QED) is 0.328. The lowest BCUT2D eigenvalue weighted by atomic mass is 10.1. The van der Waals surface area contributed by atoms with E-state index in [-0.39, 0.29) is 6.42 Å². The van der Waals surface area contributed by atoms with Crippen LogP contribution in [0.25, 0.3) is 0 Å². The van der Waals surface area contributed by atoms with Gasteiger partial charge in [-0.3, -0.25) is 0 Å². The van der Waals surface area contributed by atoms with Crippen molar-refractivity contribution >= 4 is 24.9 Å². The van der Waals surface area contributed by atoms with Crippen molar-refractivity contribution in [3.05, 3.63) is 94.7 Å². The van der Waals surface area contributed by atoms with Gasteiger partial charge in [0, 0.05) is 11.4 Å². The molecule has 0 radical (unpaired) electrons. The fourth-order valence-electron chi connectivity index (χ4n) is 3.21. The third kappa shape index (κ3) is 5.96. The summed E-state index contributed by atoms with van der Waals surface area (Å²) in [5.41, 5.74) is -0.0173. The van der Waals surface area contributed by atoms with Crippen LogP contribution < -0.4 is 14.7 Å². The van der Waals surface area contributed by atoms with Gasteiger partial charge in [0.25, 0.3) is 0 Å². The summed E-state index contributed by atoms with van der Waals surface area (Å²) in [6, 6.07) is 21.2. The van der Waals surface area contributed by atoms with E-state index in [1.807, 2.05) is 19.1 Å². The van der Waals surface area contributed by atoms with Crippen molar-refractivity contribution in [2.45, 2.75) is 26.4 Å². The SMILES string of the molecule is CCOc1ccc([Si](C)(C)/C(F)=C(/F)Cc2cccc(Oc3ccc(Cl)cc3)c2)cc1. The molecule has 0 aromatic heterocycles. The molecule has 0 N–H and O–H groups in total. The van der Waals surface area contributed by atoms with Crippen LogP contribution >= 0.6 is 11.6 Å². The summed E-state index contributed by atoms with van der Waals surface area (Å²) in [6.45, 7) is 6.07. The van der Waals surface area contributed by atoms with Crippen LogP contribution in [0.1, 0.15) is 12.5 Å². The Morgan fingerprint density at radius 1 is 0.871 bits per heavy atom. The van der Waals surface area contributed by atoms with E-state index in [0.29, 0.717) is 28.7 Å². The van der Waals surface area contributed by atoms with E-state index in [1.54, 1.807) is 73.8 Å². The second-order valence-corrected chi connectivity index (χ2v) is 12.4. The highest BCUT2D eigenvalue weighted by atomic mass is 35.5. The first kappa shape index (κ1) is 23.0. The van der Waals surface area contributed by atoms with Gasteiger partial charge in [-0.05, 0) is 61.0 Å². The van der Waals surface area contributed by atoms with Crippen molar-refractivity contribution in [2.75, 3.05) is 6.61 Å². The van der Waals surface area contributed by atoms with E-state index in [9.17, 15) is 4.39 Å².